The zero-order chi connectivity index (χ0) is 25.0. The lowest BCUT2D eigenvalue weighted by Gasteiger charge is -2.26. The summed E-state index contributed by atoms with van der Waals surface area (Å²) in [4.78, 5) is 14.7. The fraction of sp³-hybridized carbons (Fsp3) is 0.375. The lowest BCUT2D eigenvalue weighted by atomic mass is 10.2. The molecule has 0 spiro atoms. The van der Waals surface area contributed by atoms with Gasteiger partial charge in [0.05, 0.1) is 42.7 Å². The van der Waals surface area contributed by atoms with Gasteiger partial charge in [0.25, 0.3) is 0 Å². The number of sulfone groups is 1. The van der Waals surface area contributed by atoms with Crippen LogP contribution in [0, 0.1) is 0 Å². The van der Waals surface area contributed by atoms with E-state index < -0.39 is 9.84 Å². The van der Waals surface area contributed by atoms with Gasteiger partial charge in [-0.25, -0.2) is 8.42 Å². The minimum absolute atomic E-state index is 0.0250. The molecule has 1 atom stereocenters. The predicted octanol–water partition coefficient (Wildman–Crippen LogP) is 3.08. The number of thioether (sulfide) groups is 1. The van der Waals surface area contributed by atoms with Gasteiger partial charge in [0.2, 0.25) is 5.91 Å². The molecule has 0 N–H and O–H groups in total. The number of carbonyl (C=O) groups excluding carboxylic acids is 1. The zero-order valence-electron chi connectivity index (χ0n) is 19.9. The second kappa shape index (κ2) is 10.7. The van der Waals surface area contributed by atoms with Gasteiger partial charge in [-0.05, 0) is 49.7 Å². The lowest BCUT2D eigenvalue weighted by Crippen LogP contribution is -2.42. The number of aromatic nitrogens is 3. The maximum absolute atomic E-state index is 13.1. The van der Waals surface area contributed by atoms with E-state index in [9.17, 15) is 13.2 Å². The van der Waals surface area contributed by atoms with Gasteiger partial charge in [-0.1, -0.05) is 23.9 Å². The van der Waals surface area contributed by atoms with Crippen molar-refractivity contribution in [2.24, 2.45) is 0 Å². The molecule has 1 aliphatic rings. The summed E-state index contributed by atoms with van der Waals surface area (Å²) in [5.41, 5.74) is 1.57. The molecule has 2 heterocycles. The molecule has 4 rings (SSSR count). The number of methoxy groups -OCH3 is 2. The fourth-order valence-electron chi connectivity index (χ4n) is 4.20. The molecule has 0 radical (unpaired) electrons. The van der Waals surface area contributed by atoms with Crippen LogP contribution in [-0.4, -0.2) is 78.1 Å². The van der Waals surface area contributed by atoms with Crippen LogP contribution >= 0.6 is 11.8 Å². The van der Waals surface area contributed by atoms with Crippen molar-refractivity contribution in [2.75, 3.05) is 38.0 Å². The summed E-state index contributed by atoms with van der Waals surface area (Å²) in [7, 11) is 0.125. The van der Waals surface area contributed by atoms with E-state index in [1.54, 1.807) is 19.1 Å². The molecule has 2 aromatic carbocycles. The standard InChI is InChI=1S/C24H28N4O5S2/c1-4-27(18-13-14-35(30,31)16-18)22(29)15-34-24-26-25-23(20-7-5-6-8-21(20)33-3)28(24)17-9-11-19(32-2)12-10-17/h5-12,18H,4,13-16H2,1-3H3/t18-/m1/s1. The molecule has 0 aliphatic carbocycles. The molecule has 3 aromatic rings. The van der Waals surface area contributed by atoms with Crippen molar-refractivity contribution in [3.8, 4) is 28.6 Å². The average Bonchev–Trinajstić information content (AvgIpc) is 3.45. The third-order valence-electron chi connectivity index (χ3n) is 5.95. The van der Waals surface area contributed by atoms with Crippen LogP contribution in [0.2, 0.25) is 0 Å². The summed E-state index contributed by atoms with van der Waals surface area (Å²) in [6, 6.07) is 14.8. The monoisotopic (exact) mass is 516 g/mol. The number of nitrogens with zero attached hydrogens (tertiary/aromatic N) is 4. The molecule has 35 heavy (non-hydrogen) atoms. The van der Waals surface area contributed by atoms with Crippen LogP contribution in [0.25, 0.3) is 17.1 Å². The molecule has 0 saturated carbocycles. The Balaban J connectivity index is 1.64. The van der Waals surface area contributed by atoms with Gasteiger partial charge in [0, 0.05) is 12.6 Å². The van der Waals surface area contributed by atoms with E-state index in [4.69, 9.17) is 9.47 Å². The average molecular weight is 517 g/mol. The normalized spacial score (nSPS) is 16.7. The molecule has 0 bridgehead atoms. The van der Waals surface area contributed by atoms with Crippen molar-refractivity contribution in [3.63, 3.8) is 0 Å². The first-order valence-corrected chi connectivity index (χ1v) is 14.0. The summed E-state index contributed by atoms with van der Waals surface area (Å²) in [6.45, 7) is 2.32. The number of amides is 1. The van der Waals surface area contributed by atoms with Gasteiger partial charge in [-0.15, -0.1) is 10.2 Å². The van der Waals surface area contributed by atoms with Crippen molar-refractivity contribution in [2.45, 2.75) is 24.5 Å². The highest BCUT2D eigenvalue weighted by atomic mass is 32.2. The van der Waals surface area contributed by atoms with Crippen molar-refractivity contribution in [1.82, 2.24) is 19.7 Å². The molecule has 0 unspecified atom stereocenters. The minimum atomic E-state index is -3.08. The Labute approximate surface area is 209 Å². The minimum Gasteiger partial charge on any atom is -0.497 e. The Morgan fingerprint density at radius 1 is 1.11 bits per heavy atom. The van der Waals surface area contributed by atoms with E-state index in [1.165, 1.54) is 11.8 Å². The number of benzene rings is 2. The van der Waals surface area contributed by atoms with Crippen LogP contribution in [0.15, 0.2) is 53.7 Å². The van der Waals surface area contributed by atoms with Crippen molar-refractivity contribution < 1.29 is 22.7 Å². The SMILES string of the molecule is CCN(C(=O)CSc1nnc(-c2ccccc2OC)n1-c1ccc(OC)cc1)[C@@H]1CCS(=O)(=O)C1. The highest BCUT2D eigenvalue weighted by Crippen LogP contribution is 2.34. The van der Waals surface area contributed by atoms with Crippen LogP contribution < -0.4 is 9.47 Å². The van der Waals surface area contributed by atoms with E-state index in [-0.39, 0.29) is 29.2 Å². The maximum Gasteiger partial charge on any atom is 0.233 e. The molecule has 1 fully saturated rings. The molecule has 9 nitrogen and oxygen atoms in total. The number of rotatable bonds is 9. The third-order valence-corrected chi connectivity index (χ3v) is 8.61. The highest BCUT2D eigenvalue weighted by Gasteiger charge is 2.34. The van der Waals surface area contributed by atoms with Gasteiger partial charge in [-0.3, -0.25) is 9.36 Å². The topological polar surface area (TPSA) is 104 Å². The zero-order valence-corrected chi connectivity index (χ0v) is 21.5. The quantitative estimate of drug-likeness (QED) is 0.400. The van der Waals surface area contributed by atoms with Gasteiger partial charge >= 0.3 is 0 Å². The van der Waals surface area contributed by atoms with Crippen LogP contribution in [0.4, 0.5) is 0 Å². The van der Waals surface area contributed by atoms with Crippen LogP contribution in [0.5, 0.6) is 11.5 Å². The van der Waals surface area contributed by atoms with Gasteiger partial charge < -0.3 is 14.4 Å². The number of ether oxygens (including phenoxy) is 2. The summed E-state index contributed by atoms with van der Waals surface area (Å²) in [5.74, 6) is 2.10. The van der Waals surface area contributed by atoms with Gasteiger partial charge in [0.15, 0.2) is 20.8 Å². The van der Waals surface area contributed by atoms with Gasteiger partial charge in [0.1, 0.15) is 11.5 Å². The van der Waals surface area contributed by atoms with E-state index in [1.807, 2.05) is 60.0 Å². The summed E-state index contributed by atoms with van der Waals surface area (Å²) < 4.78 is 36.5. The third kappa shape index (κ3) is 5.46. The number of para-hydroxylation sites is 1. The Morgan fingerprint density at radius 2 is 1.86 bits per heavy atom. The summed E-state index contributed by atoms with van der Waals surface area (Å²) >= 11 is 1.27. The second-order valence-corrected chi connectivity index (χ2v) is 11.2. The van der Waals surface area contributed by atoms with Crippen LogP contribution in [0.3, 0.4) is 0 Å². The first kappa shape index (κ1) is 25.1. The lowest BCUT2D eigenvalue weighted by molar-refractivity contribution is -0.129. The fourth-order valence-corrected chi connectivity index (χ4v) is 6.77. The number of carbonyl (C=O) groups is 1. The maximum atomic E-state index is 13.1. The first-order valence-electron chi connectivity index (χ1n) is 11.2. The van der Waals surface area contributed by atoms with Crippen LogP contribution in [-0.2, 0) is 14.6 Å². The van der Waals surface area contributed by atoms with E-state index >= 15 is 0 Å². The first-order chi connectivity index (χ1) is 16.9. The van der Waals surface area contributed by atoms with E-state index in [0.717, 1.165) is 17.0 Å². The molecule has 1 aromatic heterocycles. The largest absolute Gasteiger partial charge is 0.497 e. The summed E-state index contributed by atoms with van der Waals surface area (Å²) in [5, 5.41) is 9.36. The van der Waals surface area contributed by atoms with Gasteiger partial charge in [-0.2, -0.15) is 0 Å². The molecular formula is C24H28N4O5S2. The second-order valence-electron chi connectivity index (χ2n) is 8.07. The molecule has 11 heteroatoms. The summed E-state index contributed by atoms with van der Waals surface area (Å²) in [6.07, 6.45) is 0.479. The van der Waals surface area contributed by atoms with E-state index in [2.05, 4.69) is 10.2 Å². The Morgan fingerprint density at radius 3 is 2.49 bits per heavy atom. The predicted molar refractivity (Wildman–Crippen MR) is 135 cm³/mol. The molecule has 1 amide bonds. The number of hydrogen-bond acceptors (Lipinski definition) is 8. The molecule has 1 aliphatic heterocycles. The Kier molecular flexibility index (Phi) is 7.66. The Hall–Kier alpha value is -3.05. The Bertz CT molecular complexity index is 1290. The highest BCUT2D eigenvalue weighted by molar-refractivity contribution is 7.99. The van der Waals surface area contributed by atoms with Crippen molar-refractivity contribution >= 4 is 27.5 Å². The van der Waals surface area contributed by atoms with Crippen LogP contribution in [0.1, 0.15) is 13.3 Å². The smallest absolute Gasteiger partial charge is 0.233 e. The van der Waals surface area contributed by atoms with E-state index in [0.29, 0.717) is 29.7 Å². The molecular weight excluding hydrogens is 488 g/mol. The number of hydrogen-bond donors (Lipinski definition) is 0. The van der Waals surface area contributed by atoms with Crippen molar-refractivity contribution in [1.29, 1.82) is 0 Å². The van der Waals surface area contributed by atoms with Crippen molar-refractivity contribution in [3.05, 3.63) is 48.5 Å². The molecule has 186 valence electrons. The molecule has 1 saturated heterocycles.